The summed E-state index contributed by atoms with van der Waals surface area (Å²) in [5.41, 5.74) is 0. The van der Waals surface area contributed by atoms with Crippen LogP contribution in [0.2, 0.25) is 0 Å². The van der Waals surface area contributed by atoms with E-state index < -0.39 is 0 Å². The average molecular weight is 236 g/mol. The van der Waals surface area contributed by atoms with E-state index in [1.54, 1.807) is 0 Å². The Kier molecular flexibility index (Phi) is 9.28. The number of halogens is 1. The van der Waals surface area contributed by atoms with Crippen molar-refractivity contribution in [1.29, 1.82) is 0 Å². The zero-order valence-corrected chi connectivity index (χ0v) is 8.94. The van der Waals surface area contributed by atoms with Crippen molar-refractivity contribution in [2.75, 3.05) is 6.61 Å². The van der Waals surface area contributed by atoms with E-state index in [4.69, 9.17) is 0 Å². The molecule has 0 N–H and O–H groups in total. The lowest BCUT2D eigenvalue weighted by Gasteiger charge is -1.97. The zero-order valence-electron chi connectivity index (χ0n) is 7.35. The molecule has 0 aliphatic heterocycles. The first-order valence-electron chi connectivity index (χ1n) is 4.54. The standard InChI is InChI=1S/C9H16BrO2/c10-9(12)7-5-3-1-2-4-6-8-11/h1-8H2. The van der Waals surface area contributed by atoms with Crippen LogP contribution in [0.4, 0.5) is 0 Å². The van der Waals surface area contributed by atoms with E-state index >= 15 is 0 Å². The molecule has 0 rings (SSSR count). The molecular formula is C9H16BrO2. The van der Waals surface area contributed by atoms with Crippen LogP contribution in [-0.4, -0.2) is 11.3 Å². The van der Waals surface area contributed by atoms with Crippen molar-refractivity contribution >= 4 is 20.6 Å². The number of carbonyl (C=O) groups is 1. The molecule has 0 spiro atoms. The van der Waals surface area contributed by atoms with Crippen molar-refractivity contribution in [3.8, 4) is 0 Å². The summed E-state index contributed by atoms with van der Waals surface area (Å²) in [6.07, 6.45) is 6.86. The minimum Gasteiger partial charge on any atom is -0.287 e. The van der Waals surface area contributed by atoms with E-state index in [2.05, 4.69) is 15.9 Å². The van der Waals surface area contributed by atoms with Gasteiger partial charge in [0.05, 0.1) is 6.61 Å². The number of hydrogen-bond donors (Lipinski definition) is 0. The molecule has 0 aliphatic carbocycles. The van der Waals surface area contributed by atoms with Crippen LogP contribution in [0.5, 0.6) is 0 Å². The van der Waals surface area contributed by atoms with Gasteiger partial charge in [-0.05, 0) is 28.8 Å². The summed E-state index contributed by atoms with van der Waals surface area (Å²) in [5.74, 6) is 0. The summed E-state index contributed by atoms with van der Waals surface area (Å²) in [6, 6.07) is 0. The van der Waals surface area contributed by atoms with Gasteiger partial charge >= 0.3 is 0 Å². The molecule has 0 aromatic carbocycles. The first-order valence-corrected chi connectivity index (χ1v) is 5.33. The molecule has 0 aromatic heterocycles. The third-order valence-electron chi connectivity index (χ3n) is 1.77. The second kappa shape index (κ2) is 9.20. The quantitative estimate of drug-likeness (QED) is 0.471. The fourth-order valence-corrected chi connectivity index (χ4v) is 1.35. The molecule has 0 unspecified atom stereocenters. The summed E-state index contributed by atoms with van der Waals surface area (Å²) in [7, 11) is 0. The van der Waals surface area contributed by atoms with Crippen molar-refractivity contribution in [3.63, 3.8) is 0 Å². The summed E-state index contributed by atoms with van der Waals surface area (Å²) < 4.78 is 0.0991. The van der Waals surface area contributed by atoms with Gasteiger partial charge in [-0.25, -0.2) is 5.11 Å². The fourth-order valence-electron chi connectivity index (χ4n) is 1.07. The molecular weight excluding hydrogens is 220 g/mol. The lowest BCUT2D eigenvalue weighted by atomic mass is 10.1. The summed E-state index contributed by atoms with van der Waals surface area (Å²) in [5, 5.41) is 10.1. The monoisotopic (exact) mass is 235 g/mol. The number of carbonyl (C=O) groups excluding carboxylic acids is 1. The molecule has 71 valence electrons. The Hall–Kier alpha value is 0.110. The van der Waals surface area contributed by atoms with Gasteiger partial charge in [0.15, 0.2) is 4.69 Å². The molecule has 1 radical (unpaired) electrons. The Balaban J connectivity index is 2.86. The molecule has 0 saturated heterocycles. The van der Waals surface area contributed by atoms with Gasteiger partial charge in [-0.2, -0.15) is 0 Å². The maximum Gasteiger partial charge on any atom is 0.197 e. The first-order chi connectivity index (χ1) is 5.77. The zero-order chi connectivity index (χ0) is 9.23. The summed E-state index contributed by atoms with van der Waals surface area (Å²) >= 11 is 2.89. The highest BCUT2D eigenvalue weighted by molar-refractivity contribution is 9.18. The van der Waals surface area contributed by atoms with Gasteiger partial charge in [0.2, 0.25) is 0 Å². The lowest BCUT2D eigenvalue weighted by Crippen LogP contribution is -1.86. The minimum atomic E-state index is 0.0554. The Morgan fingerprint density at radius 3 is 1.92 bits per heavy atom. The number of unbranched alkanes of at least 4 members (excludes halogenated alkanes) is 5. The van der Waals surface area contributed by atoms with Gasteiger partial charge in [0.25, 0.3) is 0 Å². The second-order valence-corrected chi connectivity index (χ2v) is 3.82. The lowest BCUT2D eigenvalue weighted by molar-refractivity contribution is -0.110. The normalized spacial score (nSPS) is 10.2. The van der Waals surface area contributed by atoms with Crippen LogP contribution in [0, 0.1) is 0 Å². The predicted molar refractivity (Wildman–Crippen MR) is 51.8 cm³/mol. The number of rotatable bonds is 8. The SMILES string of the molecule is [O]CCCCCCCCC(=O)Br. The molecule has 3 heteroatoms. The third-order valence-corrected chi connectivity index (χ3v) is 2.16. The molecule has 0 aromatic rings. The van der Waals surface area contributed by atoms with Gasteiger partial charge in [-0.3, -0.25) is 4.79 Å². The third kappa shape index (κ3) is 10.1. The fraction of sp³-hybridized carbons (Fsp3) is 0.889. The van der Waals surface area contributed by atoms with Crippen LogP contribution < -0.4 is 0 Å². The van der Waals surface area contributed by atoms with Gasteiger partial charge < -0.3 is 0 Å². The maximum absolute atomic E-state index is 10.5. The molecule has 0 bridgehead atoms. The van der Waals surface area contributed by atoms with E-state index in [0.717, 1.165) is 38.5 Å². The van der Waals surface area contributed by atoms with E-state index in [-0.39, 0.29) is 11.3 Å². The highest BCUT2D eigenvalue weighted by atomic mass is 79.9. The molecule has 0 heterocycles. The van der Waals surface area contributed by atoms with Crippen LogP contribution in [0.3, 0.4) is 0 Å². The average Bonchev–Trinajstić information content (AvgIpc) is 2.02. The van der Waals surface area contributed by atoms with Crippen molar-refractivity contribution in [2.24, 2.45) is 0 Å². The second-order valence-electron chi connectivity index (χ2n) is 2.93. The van der Waals surface area contributed by atoms with Gasteiger partial charge in [0.1, 0.15) is 0 Å². The summed E-state index contributed by atoms with van der Waals surface area (Å²) in [4.78, 5) is 10.5. The minimum absolute atomic E-state index is 0.0554. The van der Waals surface area contributed by atoms with Crippen molar-refractivity contribution in [3.05, 3.63) is 0 Å². The van der Waals surface area contributed by atoms with Gasteiger partial charge in [-0.15, -0.1) is 0 Å². The Morgan fingerprint density at radius 2 is 1.42 bits per heavy atom. The molecule has 0 aliphatic rings. The molecule has 2 nitrogen and oxygen atoms in total. The van der Waals surface area contributed by atoms with Gasteiger partial charge in [0, 0.05) is 6.42 Å². The maximum atomic E-state index is 10.5. The van der Waals surface area contributed by atoms with Crippen LogP contribution in [0.25, 0.3) is 0 Å². The van der Waals surface area contributed by atoms with Crippen LogP contribution in [0.1, 0.15) is 44.9 Å². The Morgan fingerprint density at radius 1 is 0.917 bits per heavy atom. The predicted octanol–water partition coefficient (Wildman–Crippen LogP) is 3.07. The Bertz CT molecular complexity index is 115. The highest BCUT2D eigenvalue weighted by Crippen LogP contribution is 2.08. The largest absolute Gasteiger partial charge is 0.287 e. The van der Waals surface area contributed by atoms with Crippen molar-refractivity contribution < 1.29 is 9.90 Å². The molecule has 0 fully saturated rings. The van der Waals surface area contributed by atoms with Crippen LogP contribution >= 0.6 is 15.9 Å². The van der Waals surface area contributed by atoms with Gasteiger partial charge in [-0.1, -0.05) is 25.7 Å². The number of hydrogen-bond acceptors (Lipinski definition) is 1. The molecule has 0 saturated carbocycles. The first kappa shape index (κ1) is 12.1. The summed E-state index contributed by atoms with van der Waals surface area (Å²) in [6.45, 7) is 0.0554. The highest BCUT2D eigenvalue weighted by Gasteiger charge is 1.95. The van der Waals surface area contributed by atoms with Crippen molar-refractivity contribution in [2.45, 2.75) is 44.9 Å². The van der Waals surface area contributed by atoms with E-state index in [0.29, 0.717) is 6.42 Å². The topological polar surface area (TPSA) is 37.0 Å². The molecule has 0 atom stereocenters. The smallest absolute Gasteiger partial charge is 0.197 e. The molecule has 0 amide bonds. The van der Waals surface area contributed by atoms with Crippen molar-refractivity contribution in [1.82, 2.24) is 0 Å². The van der Waals surface area contributed by atoms with E-state index in [1.165, 1.54) is 0 Å². The van der Waals surface area contributed by atoms with Crippen LogP contribution in [0.15, 0.2) is 0 Å². The van der Waals surface area contributed by atoms with Crippen LogP contribution in [-0.2, 0) is 9.90 Å². The Labute approximate surface area is 82.5 Å². The van der Waals surface area contributed by atoms with E-state index in [9.17, 15) is 9.90 Å². The van der Waals surface area contributed by atoms with E-state index in [1.807, 2.05) is 0 Å². The molecule has 12 heavy (non-hydrogen) atoms.